The Balaban J connectivity index is 2.32. The smallest absolute Gasteiger partial charge is 0.0863 e. The van der Waals surface area contributed by atoms with Crippen molar-refractivity contribution in [3.63, 3.8) is 0 Å². The van der Waals surface area contributed by atoms with Gasteiger partial charge < -0.3 is 0 Å². The summed E-state index contributed by atoms with van der Waals surface area (Å²) in [6.07, 6.45) is 1.04. The van der Waals surface area contributed by atoms with Crippen LogP contribution in [0.1, 0.15) is 52.6 Å². The van der Waals surface area contributed by atoms with Gasteiger partial charge in [0, 0.05) is 5.54 Å². The average Bonchev–Trinajstić information content (AvgIpc) is 2.56. The van der Waals surface area contributed by atoms with Crippen LogP contribution in [0.25, 0.3) is 0 Å². The molecule has 0 amide bonds. The van der Waals surface area contributed by atoms with Crippen LogP contribution in [0.4, 0.5) is 0 Å². The van der Waals surface area contributed by atoms with Gasteiger partial charge in [0.05, 0.1) is 11.6 Å². The van der Waals surface area contributed by atoms with Crippen LogP contribution < -0.4 is 0 Å². The monoisotopic (exact) mass is 233 g/mol. The lowest BCUT2D eigenvalue weighted by molar-refractivity contribution is -0.237. The molecular formula is C15H23NO. The highest BCUT2D eigenvalue weighted by molar-refractivity contribution is 5.20. The van der Waals surface area contributed by atoms with Crippen LogP contribution in [-0.2, 0) is 4.84 Å². The number of benzene rings is 1. The third-order valence-electron chi connectivity index (χ3n) is 3.16. The summed E-state index contributed by atoms with van der Waals surface area (Å²) in [5.41, 5.74) is 1.29. The van der Waals surface area contributed by atoms with Crippen LogP contribution in [0, 0.1) is 0 Å². The van der Waals surface area contributed by atoms with Gasteiger partial charge >= 0.3 is 0 Å². The van der Waals surface area contributed by atoms with E-state index < -0.39 is 0 Å². The van der Waals surface area contributed by atoms with Crippen molar-refractivity contribution < 1.29 is 4.84 Å². The Kier molecular flexibility index (Phi) is 3.04. The second-order valence-corrected chi connectivity index (χ2v) is 6.48. The van der Waals surface area contributed by atoms with E-state index in [9.17, 15) is 0 Å². The zero-order chi connectivity index (χ0) is 12.7. The molecule has 0 bridgehead atoms. The maximum Gasteiger partial charge on any atom is 0.0863 e. The predicted octanol–water partition coefficient (Wildman–Crippen LogP) is 3.94. The molecule has 94 valence electrons. The molecule has 1 aromatic carbocycles. The van der Waals surface area contributed by atoms with Crippen molar-refractivity contribution in [1.29, 1.82) is 0 Å². The molecule has 0 aromatic heterocycles. The Labute approximate surface area is 105 Å². The summed E-state index contributed by atoms with van der Waals surface area (Å²) in [6.45, 7) is 10.9. The minimum atomic E-state index is -0.0756. The van der Waals surface area contributed by atoms with E-state index >= 15 is 0 Å². The first-order chi connectivity index (χ1) is 7.80. The molecule has 1 fully saturated rings. The summed E-state index contributed by atoms with van der Waals surface area (Å²) in [4.78, 5) is 6.11. The number of hydroxylamine groups is 2. The highest BCUT2D eigenvalue weighted by Gasteiger charge is 2.44. The molecule has 0 saturated carbocycles. The van der Waals surface area contributed by atoms with Gasteiger partial charge in [0.25, 0.3) is 0 Å². The molecule has 17 heavy (non-hydrogen) atoms. The molecule has 2 heteroatoms. The van der Waals surface area contributed by atoms with Crippen molar-refractivity contribution in [3.05, 3.63) is 35.9 Å². The average molecular weight is 233 g/mol. The fourth-order valence-corrected chi connectivity index (χ4v) is 2.45. The van der Waals surface area contributed by atoms with Gasteiger partial charge in [0.2, 0.25) is 0 Å². The van der Waals surface area contributed by atoms with Crippen LogP contribution in [0.3, 0.4) is 0 Å². The van der Waals surface area contributed by atoms with E-state index in [0.29, 0.717) is 6.04 Å². The highest BCUT2D eigenvalue weighted by atomic mass is 16.7. The van der Waals surface area contributed by atoms with Gasteiger partial charge in [0.15, 0.2) is 0 Å². The molecule has 0 aliphatic carbocycles. The summed E-state index contributed by atoms with van der Waals surface area (Å²) in [5, 5.41) is 2.16. The van der Waals surface area contributed by atoms with Crippen molar-refractivity contribution in [2.24, 2.45) is 0 Å². The molecule has 0 spiro atoms. The maximum atomic E-state index is 6.11. The van der Waals surface area contributed by atoms with Gasteiger partial charge in [-0.3, -0.25) is 4.84 Å². The van der Waals surface area contributed by atoms with Crippen LogP contribution in [0.15, 0.2) is 30.3 Å². The fraction of sp³-hybridized carbons (Fsp3) is 0.600. The van der Waals surface area contributed by atoms with Crippen LogP contribution in [0.5, 0.6) is 0 Å². The first-order valence-corrected chi connectivity index (χ1v) is 6.33. The molecule has 0 N–H and O–H groups in total. The Hall–Kier alpha value is -0.860. The van der Waals surface area contributed by atoms with Gasteiger partial charge in [-0.1, -0.05) is 30.3 Å². The van der Waals surface area contributed by atoms with E-state index in [0.717, 1.165) is 6.42 Å². The number of rotatable bonds is 1. The predicted molar refractivity (Wildman–Crippen MR) is 70.6 cm³/mol. The zero-order valence-corrected chi connectivity index (χ0v) is 11.5. The molecule has 1 aliphatic heterocycles. The van der Waals surface area contributed by atoms with Crippen molar-refractivity contribution in [1.82, 2.24) is 5.06 Å². The van der Waals surface area contributed by atoms with Gasteiger partial charge in [0.1, 0.15) is 0 Å². The molecule has 1 saturated heterocycles. The maximum absolute atomic E-state index is 6.11. The largest absolute Gasteiger partial charge is 0.292 e. The number of hydrogen-bond donors (Lipinski definition) is 0. The topological polar surface area (TPSA) is 12.5 Å². The van der Waals surface area contributed by atoms with E-state index in [1.165, 1.54) is 5.56 Å². The van der Waals surface area contributed by atoms with Gasteiger partial charge in [-0.2, -0.15) is 5.06 Å². The minimum absolute atomic E-state index is 0.0221. The molecule has 1 unspecified atom stereocenters. The van der Waals surface area contributed by atoms with Gasteiger partial charge in [-0.25, -0.2) is 0 Å². The molecule has 1 aromatic rings. The van der Waals surface area contributed by atoms with E-state index in [1.54, 1.807) is 0 Å². The lowest BCUT2D eigenvalue weighted by atomic mass is 9.93. The lowest BCUT2D eigenvalue weighted by Gasteiger charge is -2.35. The molecular weight excluding hydrogens is 210 g/mol. The van der Waals surface area contributed by atoms with E-state index in [-0.39, 0.29) is 11.1 Å². The van der Waals surface area contributed by atoms with Crippen LogP contribution in [0.2, 0.25) is 0 Å². The number of nitrogens with zero attached hydrogens (tertiary/aromatic N) is 1. The zero-order valence-electron chi connectivity index (χ0n) is 11.5. The summed E-state index contributed by atoms with van der Waals surface area (Å²) in [7, 11) is 0. The van der Waals surface area contributed by atoms with Crippen LogP contribution >= 0.6 is 0 Å². The Morgan fingerprint density at radius 2 is 1.76 bits per heavy atom. The normalized spacial score (nSPS) is 25.1. The summed E-state index contributed by atoms with van der Waals surface area (Å²) < 4.78 is 0. The second-order valence-electron chi connectivity index (χ2n) is 6.48. The van der Waals surface area contributed by atoms with Gasteiger partial charge in [-0.15, -0.1) is 0 Å². The Morgan fingerprint density at radius 3 is 2.29 bits per heavy atom. The fourth-order valence-electron chi connectivity index (χ4n) is 2.45. The third kappa shape index (κ3) is 2.70. The third-order valence-corrected chi connectivity index (χ3v) is 3.16. The van der Waals surface area contributed by atoms with Gasteiger partial charge in [-0.05, 0) is 46.6 Å². The standard InChI is InChI=1S/C15H23NO/c1-14(2,3)16-13(11-15(4,5)17-16)12-9-7-6-8-10-12/h6-10,13H,11H2,1-5H3. The first kappa shape index (κ1) is 12.6. The van der Waals surface area contributed by atoms with Crippen molar-refractivity contribution in [3.8, 4) is 0 Å². The molecule has 1 heterocycles. The quantitative estimate of drug-likeness (QED) is 0.728. The first-order valence-electron chi connectivity index (χ1n) is 6.33. The Bertz CT molecular complexity index is 378. The molecule has 1 aliphatic rings. The number of hydrogen-bond acceptors (Lipinski definition) is 2. The summed E-state index contributed by atoms with van der Waals surface area (Å²) >= 11 is 0. The molecule has 0 radical (unpaired) electrons. The van der Waals surface area contributed by atoms with Crippen molar-refractivity contribution in [2.75, 3.05) is 0 Å². The molecule has 2 nitrogen and oxygen atoms in total. The van der Waals surface area contributed by atoms with Crippen LogP contribution in [-0.4, -0.2) is 16.2 Å². The molecule has 1 atom stereocenters. The SMILES string of the molecule is CC1(C)CC(c2ccccc2)N(C(C)(C)C)O1. The van der Waals surface area contributed by atoms with Crippen molar-refractivity contribution >= 4 is 0 Å². The van der Waals surface area contributed by atoms with E-state index in [1.807, 2.05) is 0 Å². The highest BCUT2D eigenvalue weighted by Crippen LogP contribution is 2.43. The molecule has 2 rings (SSSR count). The van der Waals surface area contributed by atoms with E-state index in [4.69, 9.17) is 4.84 Å². The van der Waals surface area contributed by atoms with Crippen molar-refractivity contribution in [2.45, 2.75) is 58.2 Å². The second kappa shape index (κ2) is 4.11. The van der Waals surface area contributed by atoms with E-state index in [2.05, 4.69) is 70.0 Å². The summed E-state index contributed by atoms with van der Waals surface area (Å²) in [6, 6.07) is 11.0. The lowest BCUT2D eigenvalue weighted by Crippen LogP contribution is -2.41. The summed E-state index contributed by atoms with van der Waals surface area (Å²) in [5.74, 6) is 0. The Morgan fingerprint density at radius 1 is 1.18 bits per heavy atom. The minimum Gasteiger partial charge on any atom is -0.292 e.